The molecule has 1 amide bonds. The number of likely N-dealkylation sites (tertiary alicyclic amines) is 1. The Balaban J connectivity index is 0.00000336. The maximum Gasteiger partial charge on any atom is 0.251 e. The number of ether oxygens (including phenoxy) is 1. The van der Waals surface area contributed by atoms with Crippen LogP contribution in [-0.4, -0.2) is 55.2 Å². The van der Waals surface area contributed by atoms with Crippen molar-refractivity contribution in [1.82, 2.24) is 20.1 Å². The highest BCUT2D eigenvalue weighted by Crippen LogP contribution is 2.23. The third-order valence-electron chi connectivity index (χ3n) is 7.43. The first-order valence-electron chi connectivity index (χ1n) is 12.9. The van der Waals surface area contributed by atoms with Gasteiger partial charge in [0.05, 0.1) is 18.2 Å². The van der Waals surface area contributed by atoms with Crippen LogP contribution < -0.4 is 20.9 Å². The van der Waals surface area contributed by atoms with E-state index in [4.69, 9.17) is 4.74 Å². The van der Waals surface area contributed by atoms with Crippen molar-refractivity contribution >= 4 is 40.0 Å². The summed E-state index contributed by atoms with van der Waals surface area (Å²) in [5, 5.41) is 9.66. The van der Waals surface area contributed by atoms with Crippen LogP contribution >= 0.6 is 12.4 Å². The molecule has 0 saturated carbocycles. The molecule has 1 aliphatic heterocycles. The first kappa shape index (κ1) is 27.6. The highest BCUT2D eigenvalue weighted by atomic mass is 35.5. The average molecular weight is 535 g/mol. The zero-order valence-corrected chi connectivity index (χ0v) is 22.7. The molecule has 0 bridgehead atoms. The van der Waals surface area contributed by atoms with Gasteiger partial charge < -0.3 is 24.8 Å². The molecule has 0 aliphatic carbocycles. The fraction of sp³-hybridized carbons (Fsp3) is 0.333. The number of fused-ring (bicyclic) bond motifs is 2. The van der Waals surface area contributed by atoms with Crippen molar-refractivity contribution in [1.29, 1.82) is 0 Å². The summed E-state index contributed by atoms with van der Waals surface area (Å²) in [5.41, 5.74) is 2.24. The van der Waals surface area contributed by atoms with Crippen molar-refractivity contribution in [2.45, 2.75) is 32.0 Å². The highest BCUT2D eigenvalue weighted by molar-refractivity contribution is 6.06. The summed E-state index contributed by atoms with van der Waals surface area (Å²) in [6.45, 7) is 4.19. The molecule has 7 nitrogen and oxygen atoms in total. The summed E-state index contributed by atoms with van der Waals surface area (Å²) in [4.78, 5) is 27.8. The molecule has 1 aliphatic rings. The van der Waals surface area contributed by atoms with Gasteiger partial charge in [-0.05, 0) is 60.5 Å². The number of halogens is 1. The molecule has 1 saturated heterocycles. The molecule has 1 aromatic heterocycles. The van der Waals surface area contributed by atoms with Crippen LogP contribution in [0.5, 0.6) is 5.75 Å². The SMILES string of the molecule is CNC(=O)c1cc(=O)n(CCN2CCC(NCc3ccc4ccccc4c3)CC2)c2cc(OC)ccc12.Cl. The summed E-state index contributed by atoms with van der Waals surface area (Å²) in [6.07, 6.45) is 2.15. The normalized spacial score (nSPS) is 14.4. The van der Waals surface area contributed by atoms with Gasteiger partial charge in [-0.25, -0.2) is 0 Å². The molecule has 5 rings (SSSR count). The number of nitrogens with zero attached hydrogens (tertiary/aromatic N) is 2. The average Bonchev–Trinajstić information content (AvgIpc) is 2.95. The molecule has 0 radical (unpaired) electrons. The number of benzene rings is 3. The Bertz CT molecular complexity index is 1480. The Hall–Kier alpha value is -3.39. The molecule has 1 fully saturated rings. The van der Waals surface area contributed by atoms with Crippen molar-refractivity contribution in [2.24, 2.45) is 0 Å². The van der Waals surface area contributed by atoms with Gasteiger partial charge in [0, 0.05) is 50.2 Å². The number of methoxy groups -OCH3 is 1. The van der Waals surface area contributed by atoms with Gasteiger partial charge in [0.15, 0.2) is 0 Å². The highest BCUT2D eigenvalue weighted by Gasteiger charge is 2.20. The fourth-order valence-electron chi connectivity index (χ4n) is 5.25. The second-order valence-corrected chi connectivity index (χ2v) is 9.69. The van der Waals surface area contributed by atoms with Gasteiger partial charge in [0.25, 0.3) is 11.5 Å². The van der Waals surface area contributed by atoms with Crippen molar-refractivity contribution in [3.8, 4) is 5.75 Å². The minimum Gasteiger partial charge on any atom is -0.497 e. The fourth-order valence-corrected chi connectivity index (χ4v) is 5.25. The number of amides is 1. The van der Waals surface area contributed by atoms with Crippen LogP contribution in [0.2, 0.25) is 0 Å². The van der Waals surface area contributed by atoms with E-state index in [0.29, 0.717) is 23.9 Å². The second-order valence-electron chi connectivity index (χ2n) is 9.69. The van der Waals surface area contributed by atoms with Crippen LogP contribution in [0.25, 0.3) is 21.7 Å². The van der Waals surface area contributed by atoms with Gasteiger partial charge in [-0.3, -0.25) is 9.59 Å². The molecule has 8 heteroatoms. The maximum atomic E-state index is 13.0. The minimum absolute atomic E-state index is 0. The summed E-state index contributed by atoms with van der Waals surface area (Å²) < 4.78 is 7.15. The Labute approximate surface area is 229 Å². The van der Waals surface area contributed by atoms with Gasteiger partial charge in [-0.1, -0.05) is 36.4 Å². The molecule has 0 spiro atoms. The number of hydrogen-bond donors (Lipinski definition) is 2. The lowest BCUT2D eigenvalue weighted by atomic mass is 10.0. The molecular weight excluding hydrogens is 500 g/mol. The molecule has 0 unspecified atom stereocenters. The van der Waals surface area contributed by atoms with E-state index in [1.807, 2.05) is 18.2 Å². The number of hydrogen-bond acceptors (Lipinski definition) is 5. The number of carbonyl (C=O) groups excluding carboxylic acids is 1. The molecule has 0 atom stereocenters. The Kier molecular flexibility index (Phi) is 9.05. The minimum atomic E-state index is -0.266. The Morgan fingerprint density at radius 3 is 2.47 bits per heavy atom. The van der Waals surface area contributed by atoms with E-state index in [-0.39, 0.29) is 23.9 Å². The number of rotatable bonds is 8. The van der Waals surface area contributed by atoms with E-state index in [1.165, 1.54) is 22.4 Å². The standard InChI is InChI=1S/C30H34N4O3.ClH/c1-31-30(36)27-19-29(35)34(28-18-25(37-2)9-10-26(27)28)16-15-33-13-11-24(12-14-33)32-20-21-7-8-22-5-3-4-6-23(22)17-21;/h3-10,17-19,24,32H,11-16,20H2,1-2H3,(H,31,36);1H. The van der Waals surface area contributed by atoms with Crippen molar-refractivity contribution in [2.75, 3.05) is 33.8 Å². The Morgan fingerprint density at radius 1 is 0.974 bits per heavy atom. The summed E-state index contributed by atoms with van der Waals surface area (Å²) in [7, 11) is 3.17. The lowest BCUT2D eigenvalue weighted by molar-refractivity contribution is 0.0964. The quantitative estimate of drug-likeness (QED) is 0.354. The third-order valence-corrected chi connectivity index (χ3v) is 7.43. The second kappa shape index (κ2) is 12.4. The van der Waals surface area contributed by atoms with Crippen LogP contribution in [0.3, 0.4) is 0 Å². The molecule has 4 aromatic rings. The maximum absolute atomic E-state index is 13.0. The lowest BCUT2D eigenvalue weighted by Crippen LogP contribution is -2.43. The van der Waals surface area contributed by atoms with E-state index in [2.05, 4.69) is 58.0 Å². The number of pyridine rings is 1. The number of nitrogens with one attached hydrogen (secondary N) is 2. The molecule has 200 valence electrons. The van der Waals surface area contributed by atoms with Crippen LogP contribution in [-0.2, 0) is 13.1 Å². The lowest BCUT2D eigenvalue weighted by Gasteiger charge is -2.32. The molecular formula is C30H35ClN4O3. The molecule has 2 heterocycles. The molecule has 3 aromatic carbocycles. The van der Waals surface area contributed by atoms with E-state index >= 15 is 0 Å². The smallest absolute Gasteiger partial charge is 0.251 e. The topological polar surface area (TPSA) is 75.6 Å². The zero-order chi connectivity index (χ0) is 25.8. The first-order chi connectivity index (χ1) is 18.1. The van der Waals surface area contributed by atoms with E-state index in [9.17, 15) is 9.59 Å². The van der Waals surface area contributed by atoms with E-state index < -0.39 is 0 Å². The van der Waals surface area contributed by atoms with Gasteiger partial charge in [0.2, 0.25) is 0 Å². The zero-order valence-electron chi connectivity index (χ0n) is 21.9. The van der Waals surface area contributed by atoms with Crippen LogP contribution in [0, 0.1) is 0 Å². The largest absolute Gasteiger partial charge is 0.497 e. The van der Waals surface area contributed by atoms with Crippen molar-refractivity contribution in [3.05, 3.63) is 88.2 Å². The van der Waals surface area contributed by atoms with E-state index in [0.717, 1.165) is 49.9 Å². The summed E-state index contributed by atoms with van der Waals surface area (Å²) >= 11 is 0. The van der Waals surface area contributed by atoms with Gasteiger partial charge in [0.1, 0.15) is 5.75 Å². The summed E-state index contributed by atoms with van der Waals surface area (Å²) in [5.74, 6) is 0.394. The predicted molar refractivity (Wildman–Crippen MR) is 156 cm³/mol. The molecule has 38 heavy (non-hydrogen) atoms. The summed E-state index contributed by atoms with van der Waals surface area (Å²) in [6, 6.07) is 22.6. The van der Waals surface area contributed by atoms with Crippen molar-refractivity contribution in [3.63, 3.8) is 0 Å². The number of piperidine rings is 1. The Morgan fingerprint density at radius 2 is 1.74 bits per heavy atom. The number of aromatic nitrogens is 1. The van der Waals surface area contributed by atoms with Crippen LogP contribution in [0.4, 0.5) is 0 Å². The van der Waals surface area contributed by atoms with E-state index in [1.54, 1.807) is 18.7 Å². The van der Waals surface area contributed by atoms with Crippen LogP contribution in [0.1, 0.15) is 28.8 Å². The number of carbonyl (C=O) groups is 1. The third kappa shape index (κ3) is 6.01. The van der Waals surface area contributed by atoms with Gasteiger partial charge in [-0.15, -0.1) is 12.4 Å². The predicted octanol–water partition coefficient (Wildman–Crippen LogP) is 4.20. The van der Waals surface area contributed by atoms with Crippen LogP contribution in [0.15, 0.2) is 71.5 Å². The first-order valence-corrected chi connectivity index (χ1v) is 12.9. The molecule has 2 N–H and O–H groups in total. The van der Waals surface area contributed by atoms with Gasteiger partial charge in [-0.2, -0.15) is 0 Å². The monoisotopic (exact) mass is 534 g/mol. The van der Waals surface area contributed by atoms with Gasteiger partial charge >= 0.3 is 0 Å². The van der Waals surface area contributed by atoms with Crippen molar-refractivity contribution < 1.29 is 9.53 Å².